The lowest BCUT2D eigenvalue weighted by Crippen LogP contribution is -2.46. The third-order valence-corrected chi connectivity index (χ3v) is 5.29. The van der Waals surface area contributed by atoms with Gasteiger partial charge in [0.1, 0.15) is 0 Å². The van der Waals surface area contributed by atoms with Gasteiger partial charge in [-0.3, -0.25) is 0 Å². The van der Waals surface area contributed by atoms with E-state index in [4.69, 9.17) is 0 Å². The lowest BCUT2D eigenvalue weighted by molar-refractivity contribution is 0.101. The fraction of sp³-hybridized carbons (Fsp3) is 0.684. The standard InChI is InChI=1S/C19H31N/c1-15(2)19(17-11-8-9-16(3)13-17)12-7-6-10-18(19)14-20(4)5/h8-9,11,13,15,18H,6-7,10,12,14H2,1-5H3. The van der Waals surface area contributed by atoms with E-state index in [1.165, 1.54) is 37.8 Å². The van der Waals surface area contributed by atoms with Crippen molar-refractivity contribution in [2.45, 2.75) is 51.9 Å². The van der Waals surface area contributed by atoms with Crippen molar-refractivity contribution in [2.24, 2.45) is 11.8 Å². The van der Waals surface area contributed by atoms with Gasteiger partial charge in [-0.25, -0.2) is 0 Å². The molecule has 112 valence electrons. The summed E-state index contributed by atoms with van der Waals surface area (Å²) >= 11 is 0. The predicted octanol–water partition coefficient (Wildman–Crippen LogP) is 4.64. The SMILES string of the molecule is Cc1cccc(C2(C(C)C)CCCCC2CN(C)C)c1. The average molecular weight is 273 g/mol. The first kappa shape index (κ1) is 15.6. The first-order chi connectivity index (χ1) is 9.46. The minimum Gasteiger partial charge on any atom is -0.309 e. The molecule has 1 nitrogen and oxygen atoms in total. The van der Waals surface area contributed by atoms with Crippen LogP contribution in [0.15, 0.2) is 24.3 Å². The fourth-order valence-electron chi connectivity index (χ4n) is 4.37. The van der Waals surface area contributed by atoms with Gasteiger partial charge >= 0.3 is 0 Å². The fourth-order valence-corrected chi connectivity index (χ4v) is 4.37. The van der Waals surface area contributed by atoms with Crippen molar-refractivity contribution in [3.8, 4) is 0 Å². The van der Waals surface area contributed by atoms with Gasteiger partial charge in [-0.05, 0) is 51.3 Å². The van der Waals surface area contributed by atoms with Crippen LogP contribution in [0.1, 0.15) is 50.7 Å². The number of rotatable bonds is 4. The summed E-state index contributed by atoms with van der Waals surface area (Å²) in [6, 6.07) is 9.28. The summed E-state index contributed by atoms with van der Waals surface area (Å²) in [6.45, 7) is 8.29. The molecule has 0 N–H and O–H groups in total. The molecule has 2 unspecified atom stereocenters. The molecule has 1 heteroatoms. The molecular formula is C19H31N. The van der Waals surface area contributed by atoms with Crippen LogP contribution in [0.25, 0.3) is 0 Å². The summed E-state index contributed by atoms with van der Waals surface area (Å²) in [5, 5.41) is 0. The zero-order chi connectivity index (χ0) is 14.8. The molecule has 0 radical (unpaired) electrons. The maximum atomic E-state index is 2.44. The van der Waals surface area contributed by atoms with Crippen LogP contribution in [0.2, 0.25) is 0 Å². The molecule has 0 amide bonds. The molecule has 0 heterocycles. The van der Waals surface area contributed by atoms with Crippen molar-refractivity contribution >= 4 is 0 Å². The summed E-state index contributed by atoms with van der Waals surface area (Å²) in [5.74, 6) is 1.49. The molecule has 1 fully saturated rings. The van der Waals surface area contributed by atoms with Gasteiger partial charge in [-0.2, -0.15) is 0 Å². The summed E-state index contributed by atoms with van der Waals surface area (Å²) in [7, 11) is 4.44. The molecule has 2 atom stereocenters. The number of hydrogen-bond donors (Lipinski definition) is 0. The van der Waals surface area contributed by atoms with Crippen LogP contribution < -0.4 is 0 Å². The molecular weight excluding hydrogens is 242 g/mol. The van der Waals surface area contributed by atoms with Crippen LogP contribution >= 0.6 is 0 Å². The monoisotopic (exact) mass is 273 g/mol. The van der Waals surface area contributed by atoms with Crippen molar-refractivity contribution in [1.29, 1.82) is 0 Å². The second-order valence-electron chi connectivity index (χ2n) is 7.27. The van der Waals surface area contributed by atoms with Crippen LogP contribution in [-0.2, 0) is 5.41 Å². The zero-order valence-corrected chi connectivity index (χ0v) is 13.9. The van der Waals surface area contributed by atoms with Gasteiger partial charge in [-0.1, -0.05) is 56.5 Å². The summed E-state index contributed by atoms with van der Waals surface area (Å²) < 4.78 is 0. The largest absolute Gasteiger partial charge is 0.309 e. The van der Waals surface area contributed by atoms with Crippen LogP contribution in [0.3, 0.4) is 0 Å². The molecule has 1 saturated carbocycles. The van der Waals surface area contributed by atoms with E-state index < -0.39 is 0 Å². The molecule has 20 heavy (non-hydrogen) atoms. The Morgan fingerprint density at radius 2 is 2.00 bits per heavy atom. The lowest BCUT2D eigenvalue weighted by Gasteiger charge is -2.49. The average Bonchev–Trinajstić information content (AvgIpc) is 2.38. The van der Waals surface area contributed by atoms with E-state index >= 15 is 0 Å². The smallest absolute Gasteiger partial charge is 0.00165 e. The second-order valence-corrected chi connectivity index (χ2v) is 7.27. The molecule has 1 aliphatic rings. The number of aryl methyl sites for hydroxylation is 1. The predicted molar refractivity (Wildman–Crippen MR) is 88.2 cm³/mol. The molecule has 1 aromatic rings. The van der Waals surface area contributed by atoms with Gasteiger partial charge in [0.25, 0.3) is 0 Å². The Bertz CT molecular complexity index is 435. The molecule has 1 aliphatic carbocycles. The number of hydrogen-bond acceptors (Lipinski definition) is 1. The van der Waals surface area contributed by atoms with Crippen molar-refractivity contribution in [3.63, 3.8) is 0 Å². The highest BCUT2D eigenvalue weighted by atomic mass is 15.1. The quantitative estimate of drug-likeness (QED) is 0.772. The Labute approximate surface area is 125 Å². The first-order valence-electron chi connectivity index (χ1n) is 8.18. The third kappa shape index (κ3) is 2.93. The van der Waals surface area contributed by atoms with Gasteiger partial charge in [0.2, 0.25) is 0 Å². The summed E-state index contributed by atoms with van der Waals surface area (Å²) in [5.41, 5.74) is 3.35. The molecule has 0 aromatic heterocycles. The van der Waals surface area contributed by atoms with Crippen molar-refractivity contribution in [3.05, 3.63) is 35.4 Å². The molecule has 0 bridgehead atoms. The van der Waals surface area contributed by atoms with Crippen LogP contribution in [0.4, 0.5) is 0 Å². The van der Waals surface area contributed by atoms with Crippen LogP contribution in [0, 0.1) is 18.8 Å². The van der Waals surface area contributed by atoms with E-state index in [9.17, 15) is 0 Å². The molecule has 0 aliphatic heterocycles. The van der Waals surface area contributed by atoms with E-state index in [2.05, 4.69) is 64.0 Å². The second kappa shape index (κ2) is 6.30. The lowest BCUT2D eigenvalue weighted by atomic mass is 9.57. The normalized spacial score (nSPS) is 27.2. The van der Waals surface area contributed by atoms with Crippen molar-refractivity contribution in [1.82, 2.24) is 4.90 Å². The first-order valence-corrected chi connectivity index (χ1v) is 8.18. The Kier molecular flexibility index (Phi) is 4.90. The van der Waals surface area contributed by atoms with Gasteiger partial charge < -0.3 is 4.90 Å². The third-order valence-electron chi connectivity index (χ3n) is 5.29. The van der Waals surface area contributed by atoms with Gasteiger partial charge in [0.05, 0.1) is 0 Å². The van der Waals surface area contributed by atoms with Gasteiger partial charge in [-0.15, -0.1) is 0 Å². The minimum absolute atomic E-state index is 0.370. The zero-order valence-electron chi connectivity index (χ0n) is 13.9. The molecule has 0 spiro atoms. The van der Waals surface area contributed by atoms with E-state index in [1.807, 2.05) is 0 Å². The van der Waals surface area contributed by atoms with Gasteiger partial charge in [0, 0.05) is 12.0 Å². The highest BCUT2D eigenvalue weighted by molar-refractivity contribution is 5.32. The Morgan fingerprint density at radius 3 is 2.60 bits per heavy atom. The summed E-state index contributed by atoms with van der Waals surface area (Å²) in [4.78, 5) is 2.38. The minimum atomic E-state index is 0.370. The van der Waals surface area contributed by atoms with Crippen LogP contribution in [-0.4, -0.2) is 25.5 Å². The Balaban J connectivity index is 2.45. The molecule has 2 rings (SSSR count). The summed E-state index contributed by atoms with van der Waals surface area (Å²) in [6.07, 6.45) is 5.52. The van der Waals surface area contributed by atoms with Crippen molar-refractivity contribution in [2.75, 3.05) is 20.6 Å². The number of benzene rings is 1. The van der Waals surface area contributed by atoms with Crippen molar-refractivity contribution < 1.29 is 0 Å². The molecule has 1 aromatic carbocycles. The van der Waals surface area contributed by atoms with E-state index in [0.717, 1.165) is 5.92 Å². The number of nitrogens with zero attached hydrogens (tertiary/aromatic N) is 1. The highest BCUT2D eigenvalue weighted by Crippen LogP contribution is 2.49. The maximum absolute atomic E-state index is 2.44. The topological polar surface area (TPSA) is 3.24 Å². The van der Waals surface area contributed by atoms with E-state index in [1.54, 1.807) is 5.56 Å². The van der Waals surface area contributed by atoms with Crippen LogP contribution in [0.5, 0.6) is 0 Å². The van der Waals surface area contributed by atoms with E-state index in [0.29, 0.717) is 11.3 Å². The van der Waals surface area contributed by atoms with E-state index in [-0.39, 0.29) is 0 Å². The molecule has 0 saturated heterocycles. The Morgan fingerprint density at radius 1 is 1.25 bits per heavy atom. The van der Waals surface area contributed by atoms with Gasteiger partial charge in [0.15, 0.2) is 0 Å². The maximum Gasteiger partial charge on any atom is 0.00165 e. The highest BCUT2D eigenvalue weighted by Gasteiger charge is 2.44. The Hall–Kier alpha value is -0.820.